The van der Waals surface area contributed by atoms with E-state index in [4.69, 9.17) is 5.84 Å². The van der Waals surface area contributed by atoms with E-state index in [-0.39, 0.29) is 11.5 Å². The number of aromatic amines is 1. The van der Waals surface area contributed by atoms with Gasteiger partial charge in [0.25, 0.3) is 5.56 Å². The average Bonchev–Trinajstić information content (AvgIpc) is 2.18. The highest BCUT2D eigenvalue weighted by atomic mass is 16.1. The van der Waals surface area contributed by atoms with Crippen molar-refractivity contribution in [3.8, 4) is 0 Å². The van der Waals surface area contributed by atoms with E-state index in [1.807, 2.05) is 0 Å². The first-order valence-electron chi connectivity index (χ1n) is 3.63. The van der Waals surface area contributed by atoms with Crippen LogP contribution in [0.2, 0.25) is 0 Å². The van der Waals surface area contributed by atoms with Gasteiger partial charge in [0, 0.05) is 6.20 Å². The number of aromatic nitrogens is 3. The molecule has 13 heavy (non-hydrogen) atoms. The molecule has 0 fully saturated rings. The molecule has 2 rings (SSSR count). The second-order valence-corrected chi connectivity index (χ2v) is 2.43. The van der Waals surface area contributed by atoms with Gasteiger partial charge in [0.05, 0.1) is 5.39 Å². The predicted molar refractivity (Wildman–Crippen MR) is 48.0 cm³/mol. The number of nitrogens with one attached hydrogen (secondary N) is 2. The van der Waals surface area contributed by atoms with Crippen molar-refractivity contribution in [2.24, 2.45) is 5.84 Å². The molecule has 2 heterocycles. The van der Waals surface area contributed by atoms with Crippen molar-refractivity contribution in [1.82, 2.24) is 15.0 Å². The summed E-state index contributed by atoms with van der Waals surface area (Å²) in [5.41, 5.74) is 2.37. The van der Waals surface area contributed by atoms with E-state index >= 15 is 0 Å². The second kappa shape index (κ2) is 2.83. The lowest BCUT2D eigenvalue weighted by atomic mass is 10.3. The minimum atomic E-state index is -0.258. The fraction of sp³-hybridized carbons (Fsp3) is 0. The van der Waals surface area contributed by atoms with Crippen LogP contribution in [0.4, 0.5) is 5.95 Å². The largest absolute Gasteiger partial charge is 0.294 e. The second-order valence-electron chi connectivity index (χ2n) is 2.43. The van der Waals surface area contributed by atoms with E-state index in [0.29, 0.717) is 11.0 Å². The number of pyridine rings is 1. The normalized spacial score (nSPS) is 10.2. The molecular weight excluding hydrogens is 170 g/mol. The fourth-order valence-electron chi connectivity index (χ4n) is 1.04. The molecule has 66 valence electrons. The highest BCUT2D eigenvalue weighted by Crippen LogP contribution is 2.02. The Morgan fingerprint density at radius 2 is 2.38 bits per heavy atom. The Kier molecular flexibility index (Phi) is 1.67. The zero-order valence-electron chi connectivity index (χ0n) is 6.61. The van der Waals surface area contributed by atoms with E-state index in [2.05, 4.69) is 20.4 Å². The van der Waals surface area contributed by atoms with Gasteiger partial charge in [-0.25, -0.2) is 10.8 Å². The lowest BCUT2D eigenvalue weighted by Crippen LogP contribution is -2.17. The first-order valence-corrected chi connectivity index (χ1v) is 3.63. The van der Waals surface area contributed by atoms with Crippen molar-refractivity contribution < 1.29 is 0 Å². The van der Waals surface area contributed by atoms with Gasteiger partial charge in [-0.15, -0.1) is 0 Å². The number of nitrogens with zero attached hydrogens (tertiary/aromatic N) is 2. The van der Waals surface area contributed by atoms with Gasteiger partial charge in [-0.3, -0.25) is 15.2 Å². The third-order valence-electron chi connectivity index (χ3n) is 1.62. The van der Waals surface area contributed by atoms with Gasteiger partial charge >= 0.3 is 0 Å². The molecule has 0 aliphatic heterocycles. The standard InChI is InChI=1S/C7H7N5O/c8-12-7-10-5-4(6(13)11-7)2-1-3-9-5/h1-3H,8H2,(H2,9,10,11,12,13). The van der Waals surface area contributed by atoms with Gasteiger partial charge in [0.15, 0.2) is 5.65 Å². The van der Waals surface area contributed by atoms with Crippen LogP contribution >= 0.6 is 0 Å². The summed E-state index contributed by atoms with van der Waals surface area (Å²) < 4.78 is 0. The first-order chi connectivity index (χ1) is 6.31. The minimum Gasteiger partial charge on any atom is -0.294 e. The summed E-state index contributed by atoms with van der Waals surface area (Å²) >= 11 is 0. The Morgan fingerprint density at radius 1 is 1.54 bits per heavy atom. The maximum Gasteiger partial charge on any atom is 0.261 e. The number of nitrogens with two attached hydrogens (primary N) is 1. The van der Waals surface area contributed by atoms with Crippen LogP contribution in [0.15, 0.2) is 23.1 Å². The molecule has 0 spiro atoms. The maximum atomic E-state index is 11.3. The lowest BCUT2D eigenvalue weighted by molar-refractivity contribution is 1.10. The summed E-state index contributed by atoms with van der Waals surface area (Å²) in [6, 6.07) is 3.32. The molecule has 0 atom stereocenters. The first kappa shape index (κ1) is 7.69. The number of hydrogen-bond donors (Lipinski definition) is 3. The SMILES string of the molecule is NNc1nc2ncccc2c(=O)[nH]1. The number of anilines is 1. The van der Waals surface area contributed by atoms with E-state index in [1.54, 1.807) is 18.3 Å². The fourth-order valence-corrected chi connectivity index (χ4v) is 1.04. The molecule has 0 aliphatic carbocycles. The van der Waals surface area contributed by atoms with Crippen LogP contribution in [0, 0.1) is 0 Å². The van der Waals surface area contributed by atoms with Crippen molar-refractivity contribution in [1.29, 1.82) is 0 Å². The molecule has 2 aromatic heterocycles. The quantitative estimate of drug-likeness (QED) is 0.407. The summed E-state index contributed by atoms with van der Waals surface area (Å²) in [5, 5.41) is 0.446. The van der Waals surface area contributed by atoms with Gasteiger partial charge in [0.2, 0.25) is 5.95 Å². The van der Waals surface area contributed by atoms with Crippen molar-refractivity contribution in [3.05, 3.63) is 28.7 Å². The lowest BCUT2D eigenvalue weighted by Gasteiger charge is -1.99. The van der Waals surface area contributed by atoms with E-state index in [9.17, 15) is 4.79 Å². The number of H-pyrrole nitrogens is 1. The molecule has 2 aromatic rings. The van der Waals surface area contributed by atoms with Crippen LogP contribution in [0.1, 0.15) is 0 Å². The Balaban J connectivity index is 2.85. The zero-order valence-corrected chi connectivity index (χ0v) is 6.61. The van der Waals surface area contributed by atoms with E-state index in [1.165, 1.54) is 0 Å². The number of hydrogen-bond acceptors (Lipinski definition) is 5. The average molecular weight is 177 g/mol. The summed E-state index contributed by atoms with van der Waals surface area (Å²) in [7, 11) is 0. The van der Waals surface area contributed by atoms with Crippen LogP contribution in [-0.4, -0.2) is 15.0 Å². The Bertz CT molecular complexity index is 491. The van der Waals surface area contributed by atoms with Crippen molar-refractivity contribution in [3.63, 3.8) is 0 Å². The van der Waals surface area contributed by atoms with E-state index < -0.39 is 0 Å². The van der Waals surface area contributed by atoms with Gasteiger partial charge < -0.3 is 0 Å². The van der Waals surface area contributed by atoms with Crippen LogP contribution in [0.5, 0.6) is 0 Å². The van der Waals surface area contributed by atoms with Crippen LogP contribution < -0.4 is 16.8 Å². The molecular formula is C7H7N5O. The van der Waals surface area contributed by atoms with Gasteiger partial charge in [-0.1, -0.05) is 0 Å². The van der Waals surface area contributed by atoms with Gasteiger partial charge in [-0.2, -0.15) is 4.98 Å². The molecule has 0 unspecified atom stereocenters. The monoisotopic (exact) mass is 177 g/mol. The van der Waals surface area contributed by atoms with Crippen LogP contribution in [-0.2, 0) is 0 Å². The molecule has 0 bridgehead atoms. The third kappa shape index (κ3) is 1.23. The molecule has 0 radical (unpaired) electrons. The predicted octanol–water partition coefficient (Wildman–Crippen LogP) is -0.396. The molecule has 6 nitrogen and oxygen atoms in total. The maximum absolute atomic E-state index is 11.3. The highest BCUT2D eigenvalue weighted by Gasteiger charge is 2.01. The van der Waals surface area contributed by atoms with Crippen molar-refractivity contribution in [2.45, 2.75) is 0 Å². The summed E-state index contributed by atoms with van der Waals surface area (Å²) in [4.78, 5) is 21.7. The third-order valence-corrected chi connectivity index (χ3v) is 1.62. The molecule has 4 N–H and O–H groups in total. The molecule has 0 amide bonds. The van der Waals surface area contributed by atoms with Gasteiger partial charge in [-0.05, 0) is 12.1 Å². The molecule has 6 heteroatoms. The zero-order chi connectivity index (χ0) is 9.26. The van der Waals surface area contributed by atoms with Crippen molar-refractivity contribution in [2.75, 3.05) is 5.43 Å². The topological polar surface area (TPSA) is 96.7 Å². The number of rotatable bonds is 1. The number of nitrogen functional groups attached to an aromatic ring is 1. The minimum absolute atomic E-state index is 0.205. The molecule has 0 aliphatic rings. The smallest absolute Gasteiger partial charge is 0.261 e. The summed E-state index contributed by atoms with van der Waals surface area (Å²) in [5.74, 6) is 5.30. The number of hydrazine groups is 1. The highest BCUT2D eigenvalue weighted by molar-refractivity contribution is 5.73. The van der Waals surface area contributed by atoms with Crippen LogP contribution in [0.25, 0.3) is 11.0 Å². The van der Waals surface area contributed by atoms with Gasteiger partial charge in [0.1, 0.15) is 0 Å². The summed E-state index contributed by atoms with van der Waals surface area (Å²) in [6.07, 6.45) is 1.56. The van der Waals surface area contributed by atoms with E-state index in [0.717, 1.165) is 0 Å². The van der Waals surface area contributed by atoms with Crippen LogP contribution in [0.3, 0.4) is 0 Å². The molecule has 0 saturated carbocycles. The Labute approximate surface area is 72.8 Å². The molecule has 0 saturated heterocycles. The Hall–Kier alpha value is -1.95. The summed E-state index contributed by atoms with van der Waals surface area (Å²) in [6.45, 7) is 0. The Morgan fingerprint density at radius 3 is 3.15 bits per heavy atom. The number of fused-ring (bicyclic) bond motifs is 1. The molecule has 0 aromatic carbocycles. The van der Waals surface area contributed by atoms with Crippen molar-refractivity contribution >= 4 is 17.0 Å².